The number of aromatic amines is 1. The molecule has 0 fully saturated rings. The van der Waals surface area contributed by atoms with Crippen LogP contribution in [0.1, 0.15) is 56.0 Å². The second-order valence-corrected chi connectivity index (χ2v) is 6.40. The van der Waals surface area contributed by atoms with Gasteiger partial charge >= 0.3 is 0 Å². The van der Waals surface area contributed by atoms with Gasteiger partial charge in [-0.15, -0.1) is 0 Å². The maximum absolute atomic E-state index is 9.60. The van der Waals surface area contributed by atoms with Crippen LogP contribution in [0.2, 0.25) is 0 Å². The number of aliphatic hydroxyl groups excluding tert-OH is 1. The lowest BCUT2D eigenvalue weighted by molar-refractivity contribution is -0.376. The van der Waals surface area contributed by atoms with Crippen molar-refractivity contribution in [2.75, 3.05) is 18.5 Å². The number of anilines is 1. The van der Waals surface area contributed by atoms with E-state index in [1.54, 1.807) is 0 Å². The van der Waals surface area contributed by atoms with Crippen molar-refractivity contribution in [3.05, 3.63) is 22.4 Å². The lowest BCUT2D eigenvalue weighted by atomic mass is 9.87. The standard InChI is InChI=1S/C17H25N3O2/c1-4-5-6-15-14-11-22-17(2,3)9-12(14)13(10-18)16(20-15)19-7-8-21/h21H,4-9,11H2,1-3H3,(H,19,20)/p+1. The van der Waals surface area contributed by atoms with E-state index in [-0.39, 0.29) is 12.2 Å². The molecule has 0 radical (unpaired) electrons. The van der Waals surface area contributed by atoms with Gasteiger partial charge in [0, 0.05) is 18.4 Å². The summed E-state index contributed by atoms with van der Waals surface area (Å²) in [7, 11) is 0. The van der Waals surface area contributed by atoms with Crippen LogP contribution in [0.4, 0.5) is 5.82 Å². The van der Waals surface area contributed by atoms with Crippen LogP contribution in [0.5, 0.6) is 0 Å². The van der Waals surface area contributed by atoms with Gasteiger partial charge in [0.25, 0.3) is 5.82 Å². The number of aromatic nitrogens is 1. The van der Waals surface area contributed by atoms with Gasteiger partial charge in [0.1, 0.15) is 23.9 Å². The molecule has 0 aromatic carbocycles. The molecule has 1 aliphatic rings. The van der Waals surface area contributed by atoms with Crippen LogP contribution < -0.4 is 10.3 Å². The quantitative estimate of drug-likeness (QED) is 0.842. The van der Waals surface area contributed by atoms with Gasteiger partial charge < -0.3 is 9.84 Å². The second kappa shape index (κ2) is 7.08. The largest absolute Gasteiger partial charge is 0.392 e. The number of pyridine rings is 1. The van der Waals surface area contributed by atoms with E-state index in [2.05, 4.69) is 37.1 Å². The van der Waals surface area contributed by atoms with Crippen LogP contribution >= 0.6 is 0 Å². The normalized spacial score (nSPS) is 16.0. The molecule has 0 atom stereocenters. The number of nitrogens with one attached hydrogen (secondary N) is 2. The molecule has 1 aliphatic heterocycles. The summed E-state index contributed by atoms with van der Waals surface area (Å²) in [6, 6.07) is 2.32. The van der Waals surface area contributed by atoms with Gasteiger partial charge in [-0.25, -0.2) is 4.98 Å². The first-order valence-corrected chi connectivity index (χ1v) is 8.01. The van der Waals surface area contributed by atoms with E-state index >= 15 is 0 Å². The highest BCUT2D eigenvalue weighted by molar-refractivity contribution is 5.56. The van der Waals surface area contributed by atoms with E-state index in [0.29, 0.717) is 18.7 Å². The summed E-state index contributed by atoms with van der Waals surface area (Å²) in [4.78, 5) is 3.36. The average molecular weight is 304 g/mol. The van der Waals surface area contributed by atoms with Gasteiger partial charge in [0.2, 0.25) is 0 Å². The van der Waals surface area contributed by atoms with Gasteiger partial charge in [0.05, 0.1) is 18.8 Å². The van der Waals surface area contributed by atoms with Crippen molar-refractivity contribution in [1.82, 2.24) is 0 Å². The number of H-pyrrole nitrogens is 1. The second-order valence-electron chi connectivity index (χ2n) is 6.40. The molecular weight excluding hydrogens is 278 g/mol. The minimum Gasteiger partial charge on any atom is -0.392 e. The van der Waals surface area contributed by atoms with E-state index in [9.17, 15) is 5.26 Å². The maximum atomic E-state index is 9.60. The number of aryl methyl sites for hydroxylation is 1. The minimum absolute atomic E-state index is 0.0364. The lowest BCUT2D eigenvalue weighted by Gasteiger charge is -2.32. The van der Waals surface area contributed by atoms with Gasteiger partial charge in [-0.3, -0.25) is 5.32 Å². The molecule has 22 heavy (non-hydrogen) atoms. The van der Waals surface area contributed by atoms with Crippen molar-refractivity contribution in [3.63, 3.8) is 0 Å². The summed E-state index contributed by atoms with van der Waals surface area (Å²) < 4.78 is 5.94. The fraction of sp³-hybridized carbons (Fsp3) is 0.647. The number of nitriles is 1. The van der Waals surface area contributed by atoms with Gasteiger partial charge in [-0.2, -0.15) is 5.26 Å². The first-order chi connectivity index (χ1) is 10.5. The summed E-state index contributed by atoms with van der Waals surface area (Å²) >= 11 is 0. The van der Waals surface area contributed by atoms with E-state index in [1.807, 2.05) is 0 Å². The molecule has 3 N–H and O–H groups in total. The van der Waals surface area contributed by atoms with E-state index in [0.717, 1.165) is 48.3 Å². The summed E-state index contributed by atoms with van der Waals surface area (Å²) in [6.07, 6.45) is 3.89. The van der Waals surface area contributed by atoms with Gasteiger partial charge in [0.15, 0.2) is 0 Å². The summed E-state index contributed by atoms with van der Waals surface area (Å²) in [6.45, 7) is 7.29. The molecule has 1 aromatic heterocycles. The van der Waals surface area contributed by atoms with Crippen molar-refractivity contribution in [1.29, 1.82) is 5.26 Å². The molecule has 0 saturated heterocycles. The van der Waals surface area contributed by atoms with Crippen molar-refractivity contribution in [2.45, 2.75) is 58.7 Å². The Balaban J connectivity index is 2.50. The number of aliphatic hydroxyl groups is 1. The van der Waals surface area contributed by atoms with Crippen LogP contribution in [0.25, 0.3) is 0 Å². The Hall–Kier alpha value is -1.64. The monoisotopic (exact) mass is 304 g/mol. The average Bonchev–Trinajstić information content (AvgIpc) is 2.49. The smallest absolute Gasteiger partial charge is 0.290 e. The number of nitrogens with zero attached hydrogens (tertiary/aromatic N) is 1. The van der Waals surface area contributed by atoms with Crippen LogP contribution in [-0.4, -0.2) is 23.9 Å². The highest BCUT2D eigenvalue weighted by Crippen LogP contribution is 2.33. The number of rotatable bonds is 6. The lowest BCUT2D eigenvalue weighted by Crippen LogP contribution is -2.36. The number of hydrogen-bond donors (Lipinski definition) is 2. The van der Waals surface area contributed by atoms with Crippen LogP contribution in [-0.2, 0) is 24.2 Å². The molecule has 5 heteroatoms. The Morgan fingerprint density at radius 2 is 2.18 bits per heavy atom. The molecule has 0 spiro atoms. The van der Waals surface area contributed by atoms with Crippen molar-refractivity contribution < 1.29 is 14.8 Å². The topological polar surface area (TPSA) is 79.4 Å². The Kier molecular flexibility index (Phi) is 5.38. The number of ether oxygens (including phenoxy) is 1. The zero-order valence-electron chi connectivity index (χ0n) is 13.8. The van der Waals surface area contributed by atoms with Crippen LogP contribution in [0, 0.1) is 11.3 Å². The van der Waals surface area contributed by atoms with Crippen LogP contribution in [0.15, 0.2) is 0 Å². The number of unbranched alkanes of at least 4 members (excludes halogenated alkanes) is 1. The Labute approximate surface area is 132 Å². The summed E-state index contributed by atoms with van der Waals surface area (Å²) in [5, 5.41) is 21.8. The molecule has 0 unspecified atom stereocenters. The fourth-order valence-corrected chi connectivity index (χ4v) is 2.89. The van der Waals surface area contributed by atoms with E-state index < -0.39 is 0 Å². The molecule has 0 saturated carbocycles. The SMILES string of the molecule is CCCCc1[nH+]c(NCCO)c(C#N)c2c1COC(C)(C)C2. The Morgan fingerprint density at radius 1 is 1.41 bits per heavy atom. The summed E-state index contributed by atoms with van der Waals surface area (Å²) in [5.74, 6) is 0.721. The highest BCUT2D eigenvalue weighted by atomic mass is 16.5. The first-order valence-electron chi connectivity index (χ1n) is 8.01. The van der Waals surface area contributed by atoms with Crippen molar-refractivity contribution in [3.8, 4) is 6.07 Å². The summed E-state index contributed by atoms with van der Waals surface area (Å²) in [5.41, 5.74) is 3.77. The minimum atomic E-state index is -0.254. The Morgan fingerprint density at radius 3 is 2.82 bits per heavy atom. The molecule has 0 bridgehead atoms. The van der Waals surface area contributed by atoms with Crippen molar-refractivity contribution in [2.24, 2.45) is 0 Å². The maximum Gasteiger partial charge on any atom is 0.290 e. The molecule has 0 aliphatic carbocycles. The van der Waals surface area contributed by atoms with E-state index in [1.165, 1.54) is 0 Å². The van der Waals surface area contributed by atoms with Gasteiger partial charge in [-0.05, 0) is 25.8 Å². The van der Waals surface area contributed by atoms with Crippen molar-refractivity contribution >= 4 is 5.82 Å². The molecule has 120 valence electrons. The zero-order chi connectivity index (χ0) is 16.2. The Bertz CT molecular complexity index is 576. The predicted molar refractivity (Wildman–Crippen MR) is 84.5 cm³/mol. The third-order valence-electron chi connectivity index (χ3n) is 4.07. The molecule has 0 amide bonds. The third-order valence-corrected chi connectivity index (χ3v) is 4.07. The number of fused-ring (bicyclic) bond motifs is 1. The number of hydrogen-bond acceptors (Lipinski definition) is 4. The first kappa shape index (κ1) is 16.7. The van der Waals surface area contributed by atoms with Crippen LogP contribution in [0.3, 0.4) is 0 Å². The van der Waals surface area contributed by atoms with E-state index in [4.69, 9.17) is 9.84 Å². The third kappa shape index (κ3) is 3.57. The predicted octanol–water partition coefficient (Wildman–Crippen LogP) is 1.97. The van der Waals surface area contributed by atoms with Gasteiger partial charge in [-0.1, -0.05) is 13.3 Å². The molecular formula is C17H26N3O2+. The molecule has 2 heterocycles. The molecule has 2 rings (SSSR count). The highest BCUT2D eigenvalue weighted by Gasteiger charge is 2.33. The fourth-order valence-electron chi connectivity index (χ4n) is 2.89. The molecule has 5 nitrogen and oxygen atoms in total. The zero-order valence-corrected chi connectivity index (χ0v) is 13.8. The molecule has 1 aromatic rings.